The van der Waals surface area contributed by atoms with Gasteiger partial charge >= 0.3 is 0 Å². The zero-order valence-electron chi connectivity index (χ0n) is 13.5. The monoisotopic (exact) mass is 314 g/mol. The number of likely N-dealkylation sites (N-methyl/N-ethyl adjacent to an activating group) is 1. The van der Waals surface area contributed by atoms with E-state index in [4.69, 9.17) is 0 Å². The van der Waals surface area contributed by atoms with Crippen LogP contribution in [0.15, 0.2) is 31.0 Å². The van der Waals surface area contributed by atoms with Crippen molar-refractivity contribution < 1.29 is 6.22 Å². The Labute approximate surface area is 135 Å². The van der Waals surface area contributed by atoms with Gasteiger partial charge in [-0.25, -0.2) is 9.97 Å². The Morgan fingerprint density at radius 2 is 2.17 bits per heavy atom. The van der Waals surface area contributed by atoms with E-state index in [1.807, 2.05) is 39.2 Å². The van der Waals surface area contributed by atoms with Gasteiger partial charge in [0.05, 0.1) is 11.9 Å². The van der Waals surface area contributed by atoms with Gasteiger partial charge < -0.3 is 9.88 Å². The second-order valence-electron chi connectivity index (χ2n) is 5.36. The Balaban J connectivity index is 0.00000208. The molecule has 3 aromatic rings. The Bertz CT molecular complexity index is 823. The van der Waals surface area contributed by atoms with Crippen LogP contribution >= 0.6 is 0 Å². The number of nitrogens with zero attached hydrogens (tertiary/aromatic N) is 5. The van der Waals surface area contributed by atoms with Crippen LogP contribution in [-0.2, 0) is 4.79 Å². The number of carbonyl (C=O) groups is 1. The summed E-state index contributed by atoms with van der Waals surface area (Å²) in [5.74, 6) is 0.0686. The van der Waals surface area contributed by atoms with Crippen LogP contribution in [0.3, 0.4) is 0 Å². The fourth-order valence-electron chi connectivity index (χ4n) is 2.69. The van der Waals surface area contributed by atoms with E-state index in [9.17, 15) is 4.79 Å². The number of aromatic nitrogens is 5. The maximum Gasteiger partial charge on any atom is 0.247 e. The van der Waals surface area contributed by atoms with Crippen molar-refractivity contribution in [1.29, 1.82) is 0 Å². The molecule has 7 nitrogen and oxygen atoms in total. The number of rotatable bonds is 5. The van der Waals surface area contributed by atoms with Crippen LogP contribution < -0.4 is 0 Å². The SMILES string of the molecule is CCN(CC)C(=O)C(C)n1cc(-c2ncnc3[nH]ccc23)cn1.[HH]. The summed E-state index contributed by atoms with van der Waals surface area (Å²) in [6, 6.07) is 1.60. The van der Waals surface area contributed by atoms with Gasteiger partial charge in [0.1, 0.15) is 18.0 Å². The number of hydrogen-bond acceptors (Lipinski definition) is 4. The zero-order valence-corrected chi connectivity index (χ0v) is 13.5. The third-order valence-corrected chi connectivity index (χ3v) is 4.06. The third kappa shape index (κ3) is 2.69. The summed E-state index contributed by atoms with van der Waals surface area (Å²) < 4.78 is 1.69. The van der Waals surface area contributed by atoms with Crippen molar-refractivity contribution in [2.75, 3.05) is 13.1 Å². The van der Waals surface area contributed by atoms with Gasteiger partial charge in [0.15, 0.2) is 0 Å². The summed E-state index contributed by atoms with van der Waals surface area (Å²) in [6.45, 7) is 7.22. The Morgan fingerprint density at radius 3 is 2.91 bits per heavy atom. The van der Waals surface area contributed by atoms with Crippen molar-refractivity contribution in [3.8, 4) is 11.3 Å². The first kappa shape index (κ1) is 15.2. The van der Waals surface area contributed by atoms with E-state index in [1.165, 1.54) is 6.33 Å². The molecular weight excluding hydrogens is 292 g/mol. The average molecular weight is 314 g/mol. The summed E-state index contributed by atoms with van der Waals surface area (Å²) >= 11 is 0. The predicted octanol–water partition coefficient (Wildman–Crippen LogP) is 2.50. The highest BCUT2D eigenvalue weighted by Gasteiger charge is 2.21. The third-order valence-electron chi connectivity index (χ3n) is 4.06. The molecule has 0 aromatic carbocycles. The lowest BCUT2D eigenvalue weighted by Gasteiger charge is -2.22. The molecule has 23 heavy (non-hydrogen) atoms. The summed E-state index contributed by atoms with van der Waals surface area (Å²) in [5.41, 5.74) is 2.47. The van der Waals surface area contributed by atoms with Crippen molar-refractivity contribution in [3.05, 3.63) is 31.0 Å². The van der Waals surface area contributed by atoms with Gasteiger partial charge in [-0.2, -0.15) is 5.10 Å². The molecule has 0 bridgehead atoms. The highest BCUT2D eigenvalue weighted by atomic mass is 16.2. The topological polar surface area (TPSA) is 79.7 Å². The van der Waals surface area contributed by atoms with Crippen molar-refractivity contribution in [1.82, 2.24) is 29.6 Å². The lowest BCUT2D eigenvalue weighted by Crippen LogP contribution is -2.36. The number of aromatic amines is 1. The number of hydrogen-bond donors (Lipinski definition) is 1. The number of fused-ring (bicyclic) bond motifs is 1. The smallest absolute Gasteiger partial charge is 0.247 e. The molecule has 0 aliphatic rings. The number of amides is 1. The van der Waals surface area contributed by atoms with Crippen molar-refractivity contribution in [2.45, 2.75) is 26.8 Å². The summed E-state index contributed by atoms with van der Waals surface area (Å²) in [4.78, 5) is 25.9. The minimum atomic E-state index is -0.341. The minimum Gasteiger partial charge on any atom is -0.346 e. The largest absolute Gasteiger partial charge is 0.346 e. The van der Waals surface area contributed by atoms with E-state index in [0.717, 1.165) is 22.3 Å². The summed E-state index contributed by atoms with van der Waals surface area (Å²) in [7, 11) is 0. The van der Waals surface area contributed by atoms with E-state index < -0.39 is 0 Å². The number of carbonyl (C=O) groups excluding carboxylic acids is 1. The molecule has 0 aliphatic carbocycles. The maximum absolute atomic E-state index is 12.5. The standard InChI is InChI=1S/C16H20N6O.H2/c1-4-21(5-2)16(23)11(3)22-9-12(8-20-22)14-13-6-7-17-15(13)19-10-18-14;/h6-11H,4-5H2,1-3H3,(H,17,18,19);1H. The van der Waals surface area contributed by atoms with Crippen LogP contribution in [0.1, 0.15) is 28.2 Å². The van der Waals surface area contributed by atoms with E-state index in [0.29, 0.717) is 13.1 Å². The molecule has 1 N–H and O–H groups in total. The van der Waals surface area contributed by atoms with Crippen LogP contribution in [0.2, 0.25) is 0 Å². The molecule has 1 atom stereocenters. The molecule has 1 unspecified atom stereocenters. The molecule has 0 aliphatic heterocycles. The highest BCUT2D eigenvalue weighted by molar-refractivity contribution is 5.90. The first-order valence-corrected chi connectivity index (χ1v) is 7.77. The molecule has 0 saturated heterocycles. The molecule has 3 heterocycles. The Kier molecular flexibility index (Phi) is 4.10. The van der Waals surface area contributed by atoms with Gasteiger partial charge in [-0.3, -0.25) is 9.48 Å². The van der Waals surface area contributed by atoms with Crippen LogP contribution in [0.4, 0.5) is 0 Å². The van der Waals surface area contributed by atoms with Gasteiger partial charge in [-0.15, -0.1) is 0 Å². The molecule has 3 rings (SSSR count). The molecule has 3 aromatic heterocycles. The van der Waals surface area contributed by atoms with Crippen LogP contribution in [0, 0.1) is 0 Å². The number of H-pyrrole nitrogens is 1. The highest BCUT2D eigenvalue weighted by Crippen LogP contribution is 2.25. The van der Waals surface area contributed by atoms with E-state index in [-0.39, 0.29) is 13.4 Å². The Hall–Kier alpha value is -2.70. The Morgan fingerprint density at radius 1 is 1.39 bits per heavy atom. The second kappa shape index (κ2) is 6.20. The molecule has 0 saturated carbocycles. The van der Waals surface area contributed by atoms with Crippen LogP contribution in [-0.4, -0.2) is 48.6 Å². The first-order valence-electron chi connectivity index (χ1n) is 7.77. The summed E-state index contributed by atoms with van der Waals surface area (Å²) in [6.07, 6.45) is 6.96. The minimum absolute atomic E-state index is 0. The van der Waals surface area contributed by atoms with Crippen LogP contribution in [0.5, 0.6) is 0 Å². The average Bonchev–Trinajstić information content (AvgIpc) is 3.24. The van der Waals surface area contributed by atoms with Gasteiger partial charge in [0.2, 0.25) is 5.91 Å². The molecule has 0 radical (unpaired) electrons. The molecule has 1 amide bonds. The zero-order chi connectivity index (χ0) is 16.4. The van der Waals surface area contributed by atoms with Gasteiger partial charge in [0, 0.05) is 37.9 Å². The van der Waals surface area contributed by atoms with Gasteiger partial charge in [-0.05, 0) is 26.8 Å². The van der Waals surface area contributed by atoms with Crippen molar-refractivity contribution in [3.63, 3.8) is 0 Å². The quantitative estimate of drug-likeness (QED) is 0.784. The lowest BCUT2D eigenvalue weighted by molar-refractivity contribution is -0.134. The maximum atomic E-state index is 12.5. The fraction of sp³-hybridized carbons (Fsp3) is 0.375. The van der Waals surface area contributed by atoms with E-state index in [1.54, 1.807) is 15.8 Å². The normalized spacial score (nSPS) is 12.5. The second-order valence-corrected chi connectivity index (χ2v) is 5.36. The summed E-state index contributed by atoms with van der Waals surface area (Å²) in [5, 5.41) is 5.29. The van der Waals surface area contributed by atoms with Crippen molar-refractivity contribution in [2.24, 2.45) is 0 Å². The lowest BCUT2D eigenvalue weighted by atomic mass is 10.2. The molecule has 122 valence electrons. The first-order chi connectivity index (χ1) is 11.2. The van der Waals surface area contributed by atoms with Gasteiger partial charge in [0.25, 0.3) is 0 Å². The molecular formula is C16H22N6O. The predicted molar refractivity (Wildman–Crippen MR) is 89.9 cm³/mol. The van der Waals surface area contributed by atoms with Crippen LogP contribution in [0.25, 0.3) is 22.3 Å². The molecule has 0 spiro atoms. The molecule has 0 fully saturated rings. The van der Waals surface area contributed by atoms with E-state index in [2.05, 4.69) is 20.1 Å². The fourth-order valence-corrected chi connectivity index (χ4v) is 2.69. The number of nitrogens with one attached hydrogen (secondary N) is 1. The molecule has 7 heteroatoms. The van der Waals surface area contributed by atoms with E-state index >= 15 is 0 Å². The van der Waals surface area contributed by atoms with Gasteiger partial charge in [-0.1, -0.05) is 0 Å². The van der Waals surface area contributed by atoms with Crippen molar-refractivity contribution >= 4 is 16.9 Å².